The Morgan fingerprint density at radius 2 is 1.83 bits per heavy atom. The summed E-state index contributed by atoms with van der Waals surface area (Å²) < 4.78 is 26.9. The van der Waals surface area contributed by atoms with Gasteiger partial charge in [0, 0.05) is 19.2 Å². The third kappa shape index (κ3) is 2.78. The molecule has 0 saturated carbocycles. The van der Waals surface area contributed by atoms with Crippen molar-refractivity contribution < 1.29 is 18.0 Å². The van der Waals surface area contributed by atoms with Crippen LogP contribution in [0.4, 0.5) is 11.4 Å². The van der Waals surface area contributed by atoms with Crippen LogP contribution >= 0.6 is 0 Å². The minimum Gasteiger partial charge on any atom is -0.319 e. The molecule has 1 amide bonds. The van der Waals surface area contributed by atoms with Gasteiger partial charge >= 0.3 is 0 Å². The van der Waals surface area contributed by atoms with Crippen molar-refractivity contribution >= 4 is 33.1 Å². The summed E-state index contributed by atoms with van der Waals surface area (Å²) in [6, 6.07) is 11.5. The molecule has 2 aromatic carbocycles. The number of Topliss-reactive ketones (excluding diaryl/α,β-unsaturated/α-hetero) is 1. The predicted molar refractivity (Wildman–Crippen MR) is 90.6 cm³/mol. The Bertz CT molecular complexity index is 951. The summed E-state index contributed by atoms with van der Waals surface area (Å²) in [6.45, 7) is 1.89. The monoisotopic (exact) mass is 344 g/mol. The maximum Gasteiger partial charge on any atom is 0.292 e. The van der Waals surface area contributed by atoms with Gasteiger partial charge in [-0.1, -0.05) is 12.1 Å². The molecule has 0 aliphatic carbocycles. The first-order chi connectivity index (χ1) is 11.3. The normalized spacial score (nSPS) is 14.1. The van der Waals surface area contributed by atoms with Crippen molar-refractivity contribution in [2.24, 2.45) is 0 Å². The lowest BCUT2D eigenvalue weighted by atomic mass is 10.0. The zero-order chi connectivity index (χ0) is 17.5. The summed E-state index contributed by atoms with van der Waals surface area (Å²) in [5.74, 6) is -1.25. The third-order valence-corrected chi connectivity index (χ3v) is 5.73. The molecule has 0 bridgehead atoms. The van der Waals surface area contributed by atoms with Crippen molar-refractivity contribution in [3.05, 3.63) is 53.6 Å². The summed E-state index contributed by atoms with van der Waals surface area (Å²) >= 11 is 0. The number of sulfonamides is 1. The average molecular weight is 344 g/mol. The topological polar surface area (TPSA) is 83.6 Å². The van der Waals surface area contributed by atoms with Crippen molar-refractivity contribution in [1.82, 2.24) is 0 Å². The van der Waals surface area contributed by atoms with Crippen molar-refractivity contribution in [2.75, 3.05) is 16.7 Å². The molecule has 0 radical (unpaired) electrons. The van der Waals surface area contributed by atoms with E-state index in [9.17, 15) is 18.0 Å². The highest BCUT2D eigenvalue weighted by atomic mass is 32.2. The summed E-state index contributed by atoms with van der Waals surface area (Å²) in [5.41, 5.74) is 2.47. The predicted octanol–water partition coefficient (Wildman–Crippen LogP) is 1.88. The van der Waals surface area contributed by atoms with E-state index in [1.807, 2.05) is 13.0 Å². The number of rotatable bonds is 3. The van der Waals surface area contributed by atoms with Crippen LogP contribution in [0.3, 0.4) is 0 Å². The van der Waals surface area contributed by atoms with Crippen molar-refractivity contribution in [3.8, 4) is 0 Å². The Kier molecular flexibility index (Phi) is 3.88. The smallest absolute Gasteiger partial charge is 0.292 e. The molecule has 0 spiro atoms. The molecule has 0 saturated heterocycles. The van der Waals surface area contributed by atoms with E-state index in [0.717, 1.165) is 5.56 Å². The van der Waals surface area contributed by atoms with E-state index in [-0.39, 0.29) is 11.3 Å². The molecule has 0 fully saturated rings. The maximum absolute atomic E-state index is 12.8. The third-order valence-electron chi connectivity index (χ3n) is 3.95. The van der Waals surface area contributed by atoms with Gasteiger partial charge in [-0.05, 0) is 48.4 Å². The van der Waals surface area contributed by atoms with Gasteiger partial charge in [0.2, 0.25) is 5.78 Å². The van der Waals surface area contributed by atoms with E-state index in [0.29, 0.717) is 16.9 Å². The van der Waals surface area contributed by atoms with Crippen LogP contribution in [0.1, 0.15) is 11.1 Å². The lowest BCUT2D eigenvalue weighted by molar-refractivity contribution is -0.134. The highest BCUT2D eigenvalue weighted by molar-refractivity contribution is 7.92. The van der Waals surface area contributed by atoms with Crippen LogP contribution in [0.2, 0.25) is 0 Å². The number of nitrogens with zero attached hydrogens (tertiary/aromatic N) is 1. The Morgan fingerprint density at radius 1 is 1.08 bits per heavy atom. The molecule has 2 aromatic rings. The van der Waals surface area contributed by atoms with Gasteiger partial charge in [-0.3, -0.25) is 13.9 Å². The van der Waals surface area contributed by atoms with Gasteiger partial charge in [0.05, 0.1) is 10.6 Å². The Morgan fingerprint density at radius 3 is 2.54 bits per heavy atom. The number of amides is 1. The Labute approximate surface area is 140 Å². The van der Waals surface area contributed by atoms with E-state index >= 15 is 0 Å². The minimum atomic E-state index is -3.76. The van der Waals surface area contributed by atoms with Gasteiger partial charge in [-0.25, -0.2) is 8.42 Å². The second-order valence-corrected chi connectivity index (χ2v) is 7.65. The molecule has 6 nitrogen and oxygen atoms in total. The number of aryl methyl sites for hydroxylation is 1. The van der Waals surface area contributed by atoms with Crippen LogP contribution in [-0.2, 0) is 26.0 Å². The Hall–Kier alpha value is -2.67. The number of hydrogen-bond acceptors (Lipinski definition) is 4. The zero-order valence-corrected chi connectivity index (χ0v) is 14.1. The average Bonchev–Trinajstić information content (AvgIpc) is 2.54. The minimum absolute atomic E-state index is 0.0780. The molecule has 0 aromatic heterocycles. The molecule has 3 rings (SSSR count). The van der Waals surface area contributed by atoms with Crippen molar-refractivity contribution in [2.45, 2.75) is 18.2 Å². The van der Waals surface area contributed by atoms with E-state index in [4.69, 9.17) is 0 Å². The largest absolute Gasteiger partial charge is 0.319 e. The van der Waals surface area contributed by atoms with Crippen LogP contribution in [-0.4, -0.2) is 27.2 Å². The SMILES string of the molecule is Cc1cccc(N(C)S(=O)(=O)c2ccc3c(c2)CC(=O)C(=O)N3)c1. The number of nitrogens with one attached hydrogen (secondary N) is 1. The van der Waals surface area contributed by atoms with Gasteiger partial charge < -0.3 is 5.32 Å². The van der Waals surface area contributed by atoms with E-state index in [1.165, 1.54) is 29.6 Å². The lowest BCUT2D eigenvalue weighted by Crippen LogP contribution is -2.31. The molecule has 0 unspecified atom stereocenters. The van der Waals surface area contributed by atoms with Crippen LogP contribution in [0.5, 0.6) is 0 Å². The second-order valence-electron chi connectivity index (χ2n) is 5.68. The second kappa shape index (κ2) is 5.76. The molecule has 1 aliphatic heterocycles. The lowest BCUT2D eigenvalue weighted by Gasteiger charge is -2.22. The van der Waals surface area contributed by atoms with Gasteiger partial charge in [-0.2, -0.15) is 0 Å². The molecule has 1 aliphatic rings. The quantitative estimate of drug-likeness (QED) is 0.862. The number of ketones is 1. The standard InChI is InChI=1S/C17H16N2O4S/c1-11-4-3-5-13(8-11)19(2)24(22,23)14-6-7-15-12(9-14)10-16(20)17(21)18-15/h3-9H,10H2,1-2H3,(H,18,21). The number of hydrogen-bond donors (Lipinski definition) is 1. The fourth-order valence-electron chi connectivity index (χ4n) is 2.56. The van der Waals surface area contributed by atoms with Crippen LogP contribution in [0.25, 0.3) is 0 Å². The van der Waals surface area contributed by atoms with Gasteiger partial charge in [0.1, 0.15) is 0 Å². The summed E-state index contributed by atoms with van der Waals surface area (Å²) in [6.07, 6.45) is -0.0985. The number of benzene rings is 2. The van der Waals surface area contributed by atoms with Gasteiger partial charge in [0.25, 0.3) is 15.9 Å². The van der Waals surface area contributed by atoms with Crippen LogP contribution < -0.4 is 9.62 Å². The maximum atomic E-state index is 12.8. The molecule has 24 heavy (non-hydrogen) atoms. The first kappa shape index (κ1) is 16.2. The molecule has 0 atom stereocenters. The number of carbonyl (C=O) groups is 2. The van der Waals surface area contributed by atoms with E-state index < -0.39 is 21.7 Å². The molecule has 124 valence electrons. The molecule has 7 heteroatoms. The fourth-order valence-corrected chi connectivity index (χ4v) is 3.80. The molecular formula is C17H16N2O4S. The Balaban J connectivity index is 2.00. The highest BCUT2D eigenvalue weighted by Crippen LogP contribution is 2.28. The van der Waals surface area contributed by atoms with Crippen molar-refractivity contribution in [3.63, 3.8) is 0 Å². The molecule has 1 heterocycles. The fraction of sp³-hybridized carbons (Fsp3) is 0.176. The zero-order valence-electron chi connectivity index (χ0n) is 13.2. The van der Waals surface area contributed by atoms with E-state index in [1.54, 1.807) is 18.2 Å². The number of fused-ring (bicyclic) bond motifs is 1. The van der Waals surface area contributed by atoms with Crippen LogP contribution in [0.15, 0.2) is 47.4 Å². The molecule has 1 N–H and O–H groups in total. The van der Waals surface area contributed by atoms with Gasteiger partial charge in [0.15, 0.2) is 0 Å². The highest BCUT2D eigenvalue weighted by Gasteiger charge is 2.27. The first-order valence-corrected chi connectivity index (χ1v) is 8.76. The summed E-state index contributed by atoms with van der Waals surface area (Å²) in [5, 5.41) is 2.46. The summed E-state index contributed by atoms with van der Waals surface area (Å²) in [4.78, 5) is 23.0. The first-order valence-electron chi connectivity index (χ1n) is 7.32. The number of anilines is 2. The van der Waals surface area contributed by atoms with E-state index in [2.05, 4.69) is 5.32 Å². The summed E-state index contributed by atoms with van der Waals surface area (Å²) in [7, 11) is -2.28. The van der Waals surface area contributed by atoms with Crippen molar-refractivity contribution in [1.29, 1.82) is 0 Å². The molecular weight excluding hydrogens is 328 g/mol. The van der Waals surface area contributed by atoms with Crippen LogP contribution in [0, 0.1) is 6.92 Å². The number of carbonyl (C=O) groups excluding carboxylic acids is 2. The van der Waals surface area contributed by atoms with Gasteiger partial charge in [-0.15, -0.1) is 0 Å².